The predicted octanol–water partition coefficient (Wildman–Crippen LogP) is -0.429. The molecule has 86 valence electrons. The lowest BCUT2D eigenvalue weighted by molar-refractivity contribution is -0.189. The van der Waals surface area contributed by atoms with Gasteiger partial charge >= 0.3 is 0 Å². The van der Waals surface area contributed by atoms with Crippen LogP contribution in [0, 0.1) is 0 Å². The Morgan fingerprint density at radius 3 is 2.87 bits per heavy atom. The average molecular weight is 214 g/mol. The van der Waals surface area contributed by atoms with Crippen molar-refractivity contribution in [2.45, 2.75) is 18.6 Å². The first-order chi connectivity index (χ1) is 7.24. The fraction of sp³-hybridized carbons (Fsp3) is 0.900. The molecule has 5 nitrogen and oxygen atoms in total. The van der Waals surface area contributed by atoms with Gasteiger partial charge in [-0.3, -0.25) is 9.69 Å². The fourth-order valence-corrected chi connectivity index (χ4v) is 2.22. The number of carbonyl (C=O) groups excluding carboxylic acids is 1. The van der Waals surface area contributed by atoms with E-state index in [0.29, 0.717) is 26.3 Å². The maximum absolute atomic E-state index is 11.2. The molecule has 15 heavy (non-hydrogen) atoms. The van der Waals surface area contributed by atoms with Gasteiger partial charge in [0, 0.05) is 13.5 Å². The van der Waals surface area contributed by atoms with Crippen LogP contribution in [0.25, 0.3) is 0 Å². The molecular weight excluding hydrogens is 196 g/mol. The summed E-state index contributed by atoms with van der Waals surface area (Å²) in [4.78, 5) is 13.3. The first-order valence-corrected chi connectivity index (χ1v) is 5.45. The number of carbonyl (C=O) groups is 1. The summed E-state index contributed by atoms with van der Waals surface area (Å²) in [7, 11) is 1.66. The lowest BCUT2D eigenvalue weighted by Crippen LogP contribution is -2.51. The van der Waals surface area contributed by atoms with E-state index < -0.39 is 5.79 Å². The van der Waals surface area contributed by atoms with Crippen molar-refractivity contribution in [3.05, 3.63) is 0 Å². The Hall–Kier alpha value is -0.650. The van der Waals surface area contributed by atoms with Crippen LogP contribution < -0.4 is 5.32 Å². The zero-order chi connectivity index (χ0) is 10.7. The predicted molar refractivity (Wildman–Crippen MR) is 54.4 cm³/mol. The van der Waals surface area contributed by atoms with Gasteiger partial charge < -0.3 is 14.8 Å². The SMILES string of the molecule is CNC(=O)CN1CCCC2(C1)OCCO2. The monoisotopic (exact) mass is 214 g/mol. The summed E-state index contributed by atoms with van der Waals surface area (Å²) >= 11 is 0. The van der Waals surface area contributed by atoms with Gasteiger partial charge in [0.1, 0.15) is 0 Å². The second kappa shape index (κ2) is 4.47. The van der Waals surface area contributed by atoms with E-state index in [1.54, 1.807) is 7.05 Å². The van der Waals surface area contributed by atoms with Gasteiger partial charge in [-0.1, -0.05) is 0 Å². The number of piperidine rings is 1. The van der Waals surface area contributed by atoms with Gasteiger partial charge in [-0.15, -0.1) is 0 Å². The molecule has 1 amide bonds. The second-order valence-corrected chi connectivity index (χ2v) is 4.09. The van der Waals surface area contributed by atoms with Crippen LogP contribution in [0.4, 0.5) is 0 Å². The number of likely N-dealkylation sites (tertiary alicyclic amines) is 1. The minimum Gasteiger partial charge on any atom is -0.358 e. The number of hydrogen-bond acceptors (Lipinski definition) is 4. The Morgan fingerprint density at radius 1 is 1.47 bits per heavy atom. The minimum atomic E-state index is -0.424. The van der Waals surface area contributed by atoms with E-state index in [4.69, 9.17) is 9.47 Å². The molecule has 0 atom stereocenters. The van der Waals surface area contributed by atoms with E-state index in [-0.39, 0.29) is 5.91 Å². The van der Waals surface area contributed by atoms with E-state index in [1.165, 1.54) is 0 Å². The molecular formula is C10H18N2O3. The summed E-state index contributed by atoms with van der Waals surface area (Å²) in [6.45, 7) is 3.44. The van der Waals surface area contributed by atoms with Crippen LogP contribution in [0.3, 0.4) is 0 Å². The summed E-state index contributed by atoms with van der Waals surface area (Å²) in [5, 5.41) is 2.63. The van der Waals surface area contributed by atoms with Crippen LogP contribution in [0.15, 0.2) is 0 Å². The molecule has 0 radical (unpaired) electrons. The molecule has 0 unspecified atom stereocenters. The van der Waals surface area contributed by atoms with Crippen LogP contribution in [0.2, 0.25) is 0 Å². The second-order valence-electron chi connectivity index (χ2n) is 4.09. The van der Waals surface area contributed by atoms with Crippen LogP contribution in [0.5, 0.6) is 0 Å². The molecule has 2 aliphatic rings. The van der Waals surface area contributed by atoms with Crippen molar-refractivity contribution in [1.29, 1.82) is 0 Å². The van der Waals surface area contributed by atoms with E-state index in [9.17, 15) is 4.79 Å². The molecule has 0 aromatic rings. The van der Waals surface area contributed by atoms with Gasteiger partial charge in [0.15, 0.2) is 5.79 Å². The van der Waals surface area contributed by atoms with Crippen molar-refractivity contribution in [1.82, 2.24) is 10.2 Å². The fourth-order valence-electron chi connectivity index (χ4n) is 2.22. The third-order valence-electron chi connectivity index (χ3n) is 2.96. The van der Waals surface area contributed by atoms with Crippen LogP contribution >= 0.6 is 0 Å². The highest BCUT2D eigenvalue weighted by molar-refractivity contribution is 5.77. The maximum atomic E-state index is 11.2. The number of ether oxygens (including phenoxy) is 2. The van der Waals surface area contributed by atoms with Gasteiger partial charge in [0.25, 0.3) is 0 Å². The summed E-state index contributed by atoms with van der Waals surface area (Å²) in [5.41, 5.74) is 0. The van der Waals surface area contributed by atoms with Crippen LogP contribution in [-0.4, -0.2) is 56.5 Å². The molecule has 0 aliphatic carbocycles. The van der Waals surface area contributed by atoms with E-state index >= 15 is 0 Å². The van der Waals surface area contributed by atoms with Crippen LogP contribution in [0.1, 0.15) is 12.8 Å². The van der Waals surface area contributed by atoms with Crippen molar-refractivity contribution in [3.63, 3.8) is 0 Å². The van der Waals surface area contributed by atoms with Crippen molar-refractivity contribution < 1.29 is 14.3 Å². The topological polar surface area (TPSA) is 50.8 Å². The zero-order valence-electron chi connectivity index (χ0n) is 9.12. The van der Waals surface area contributed by atoms with Gasteiger partial charge in [-0.25, -0.2) is 0 Å². The standard InChI is InChI=1S/C10H18N2O3/c1-11-9(13)7-12-4-2-3-10(8-12)14-5-6-15-10/h2-8H2,1H3,(H,11,13). The molecule has 0 saturated carbocycles. The normalized spacial score (nSPS) is 25.7. The number of hydrogen-bond donors (Lipinski definition) is 1. The largest absolute Gasteiger partial charge is 0.358 e. The van der Waals surface area contributed by atoms with Crippen LogP contribution in [-0.2, 0) is 14.3 Å². The minimum absolute atomic E-state index is 0.0463. The quantitative estimate of drug-likeness (QED) is 0.678. The maximum Gasteiger partial charge on any atom is 0.233 e. The van der Waals surface area contributed by atoms with Gasteiger partial charge in [0.2, 0.25) is 5.91 Å². The lowest BCUT2D eigenvalue weighted by Gasteiger charge is -2.38. The molecule has 2 fully saturated rings. The Bertz CT molecular complexity index is 239. The summed E-state index contributed by atoms with van der Waals surface area (Å²) in [6, 6.07) is 0. The van der Waals surface area contributed by atoms with Crippen molar-refractivity contribution in [2.75, 3.05) is 39.9 Å². The average Bonchev–Trinajstić information content (AvgIpc) is 2.66. The highest BCUT2D eigenvalue weighted by Crippen LogP contribution is 2.29. The highest BCUT2D eigenvalue weighted by atomic mass is 16.7. The number of rotatable bonds is 2. The summed E-state index contributed by atoms with van der Waals surface area (Å²) in [5.74, 6) is -0.378. The smallest absolute Gasteiger partial charge is 0.233 e. The van der Waals surface area contributed by atoms with E-state index in [0.717, 1.165) is 19.4 Å². The molecule has 2 saturated heterocycles. The van der Waals surface area contributed by atoms with E-state index in [1.807, 2.05) is 0 Å². The summed E-state index contributed by atoms with van der Waals surface area (Å²) < 4.78 is 11.3. The molecule has 0 bridgehead atoms. The Kier molecular flexibility index (Phi) is 3.23. The Labute approximate surface area is 89.7 Å². The van der Waals surface area contributed by atoms with Crippen molar-refractivity contribution >= 4 is 5.91 Å². The zero-order valence-corrected chi connectivity index (χ0v) is 9.12. The molecule has 1 N–H and O–H groups in total. The number of amides is 1. The van der Waals surface area contributed by atoms with Crippen molar-refractivity contribution in [2.24, 2.45) is 0 Å². The molecule has 5 heteroatoms. The third kappa shape index (κ3) is 2.48. The summed E-state index contributed by atoms with van der Waals surface area (Å²) in [6.07, 6.45) is 1.97. The Morgan fingerprint density at radius 2 is 2.20 bits per heavy atom. The third-order valence-corrected chi connectivity index (χ3v) is 2.96. The Balaban J connectivity index is 1.89. The molecule has 2 rings (SSSR count). The first kappa shape index (κ1) is 10.9. The molecule has 2 aliphatic heterocycles. The van der Waals surface area contributed by atoms with Gasteiger partial charge in [-0.2, -0.15) is 0 Å². The first-order valence-electron chi connectivity index (χ1n) is 5.45. The molecule has 0 aromatic carbocycles. The molecule has 1 spiro atoms. The highest BCUT2D eigenvalue weighted by Gasteiger charge is 2.40. The van der Waals surface area contributed by atoms with E-state index in [2.05, 4.69) is 10.2 Å². The number of likely N-dealkylation sites (N-methyl/N-ethyl adjacent to an activating group) is 1. The van der Waals surface area contributed by atoms with Gasteiger partial charge in [0.05, 0.1) is 26.3 Å². The van der Waals surface area contributed by atoms with Gasteiger partial charge in [-0.05, 0) is 13.0 Å². The lowest BCUT2D eigenvalue weighted by atomic mass is 10.0. The van der Waals surface area contributed by atoms with Crippen molar-refractivity contribution in [3.8, 4) is 0 Å². The number of nitrogens with one attached hydrogen (secondary N) is 1. The molecule has 0 aromatic heterocycles. The molecule has 2 heterocycles. The number of nitrogens with zero attached hydrogens (tertiary/aromatic N) is 1.